The minimum absolute atomic E-state index is 0.0334. The van der Waals surface area contributed by atoms with Crippen LogP contribution in [0.1, 0.15) is 48.9 Å². The average Bonchev–Trinajstić information content (AvgIpc) is 3.32. The Balaban J connectivity index is 1.22. The molecule has 0 spiro atoms. The fraction of sp³-hybridized carbons (Fsp3) is 0.571. The summed E-state index contributed by atoms with van der Waals surface area (Å²) >= 11 is 1.86. The summed E-state index contributed by atoms with van der Waals surface area (Å²) in [6.07, 6.45) is 4.26. The van der Waals surface area contributed by atoms with E-state index in [-0.39, 0.29) is 36.1 Å². The highest BCUT2D eigenvalue weighted by Gasteiger charge is 2.42. The zero-order chi connectivity index (χ0) is 24.7. The summed E-state index contributed by atoms with van der Waals surface area (Å²) in [7, 11) is -2.31. The molecule has 34 heavy (non-hydrogen) atoms. The highest BCUT2D eigenvalue weighted by atomic mass is 32.2. The second-order valence-electron chi connectivity index (χ2n) is 8.41. The third-order valence-corrected chi connectivity index (χ3v) is 7.40. The van der Waals surface area contributed by atoms with E-state index in [1.54, 1.807) is 0 Å². The lowest BCUT2D eigenvalue weighted by Crippen LogP contribution is -2.36. The van der Waals surface area contributed by atoms with Crippen molar-refractivity contribution < 1.29 is 33.2 Å². The van der Waals surface area contributed by atoms with E-state index >= 15 is 0 Å². The van der Waals surface area contributed by atoms with E-state index in [4.69, 9.17) is 10.0 Å². The van der Waals surface area contributed by atoms with Crippen LogP contribution in [-0.4, -0.2) is 71.2 Å². The number of nitrogens with one attached hydrogen (secondary N) is 4. The molecule has 2 aliphatic rings. The second kappa shape index (κ2) is 12.4. The van der Waals surface area contributed by atoms with Gasteiger partial charge in [0.2, 0.25) is 5.91 Å². The maximum atomic E-state index is 13.7. The van der Waals surface area contributed by atoms with Crippen molar-refractivity contribution in [2.45, 2.75) is 55.9 Å². The Labute approximate surface area is 201 Å². The molecule has 0 saturated carbocycles. The Hall–Kier alpha value is -2.38. The van der Waals surface area contributed by atoms with Gasteiger partial charge in [0.05, 0.1) is 17.5 Å². The quantitative estimate of drug-likeness (QED) is 0.136. The van der Waals surface area contributed by atoms with E-state index in [0.29, 0.717) is 31.1 Å². The number of urea groups is 1. The summed E-state index contributed by atoms with van der Waals surface area (Å²) in [4.78, 5) is 35.4. The summed E-state index contributed by atoms with van der Waals surface area (Å²) in [6.45, 7) is 0.718. The third kappa shape index (κ3) is 7.06. The number of rotatable bonds is 12. The van der Waals surface area contributed by atoms with Crippen LogP contribution in [0.3, 0.4) is 0 Å². The zero-order valence-electron chi connectivity index (χ0n) is 18.6. The predicted octanol–water partition coefficient (Wildman–Crippen LogP) is -0.00340. The molecule has 186 valence electrons. The van der Waals surface area contributed by atoms with Gasteiger partial charge in [-0.25, -0.2) is 13.6 Å². The van der Waals surface area contributed by atoms with Gasteiger partial charge in [-0.1, -0.05) is 6.42 Å². The first-order chi connectivity index (χ1) is 16.3. The van der Waals surface area contributed by atoms with Gasteiger partial charge in [-0.2, -0.15) is 11.8 Å². The number of unbranched alkanes of at least 4 members (excludes halogenated alkanes) is 2. The Morgan fingerprint density at radius 1 is 1.06 bits per heavy atom. The number of benzene rings is 1. The van der Waals surface area contributed by atoms with Gasteiger partial charge < -0.3 is 31.3 Å². The molecule has 2 saturated heterocycles. The Kier molecular flexibility index (Phi) is 9.54. The fourth-order valence-corrected chi connectivity index (χ4v) is 5.65. The number of fused-ring (bicyclic) bond motifs is 1. The Bertz CT molecular complexity index is 887. The Morgan fingerprint density at radius 2 is 1.74 bits per heavy atom. The van der Waals surface area contributed by atoms with Gasteiger partial charge in [-0.3, -0.25) is 9.59 Å². The van der Waals surface area contributed by atoms with Crippen LogP contribution in [0.4, 0.5) is 13.6 Å². The number of halogens is 2. The fourth-order valence-electron chi connectivity index (χ4n) is 4.11. The highest BCUT2D eigenvalue weighted by molar-refractivity contribution is 8.00. The molecule has 3 rings (SSSR count). The van der Waals surface area contributed by atoms with Crippen molar-refractivity contribution in [3.63, 3.8) is 0 Å². The molecule has 2 aliphatic heterocycles. The molecular formula is C21H29BF2N4O5S. The van der Waals surface area contributed by atoms with E-state index in [1.165, 1.54) is 0 Å². The molecule has 1 aromatic rings. The molecule has 13 heteroatoms. The van der Waals surface area contributed by atoms with Gasteiger partial charge >= 0.3 is 13.1 Å². The molecule has 3 atom stereocenters. The summed E-state index contributed by atoms with van der Waals surface area (Å²) in [5.41, 5.74) is -1.16. The lowest BCUT2D eigenvalue weighted by Gasteiger charge is -2.16. The van der Waals surface area contributed by atoms with Crippen LogP contribution >= 0.6 is 11.8 Å². The first-order valence-electron chi connectivity index (χ1n) is 11.3. The highest BCUT2D eigenvalue weighted by Crippen LogP contribution is 2.33. The number of carbonyl (C=O) groups is 3. The topological polar surface area (TPSA) is 140 Å². The van der Waals surface area contributed by atoms with Gasteiger partial charge in [0.1, 0.15) is 11.6 Å². The zero-order valence-corrected chi connectivity index (χ0v) is 19.4. The largest absolute Gasteiger partial charge is 0.494 e. The van der Waals surface area contributed by atoms with Crippen molar-refractivity contribution in [2.75, 3.05) is 18.8 Å². The molecular weight excluding hydrogens is 469 g/mol. The van der Waals surface area contributed by atoms with Crippen molar-refractivity contribution in [1.82, 2.24) is 21.3 Å². The van der Waals surface area contributed by atoms with Crippen molar-refractivity contribution in [3.05, 3.63) is 29.3 Å². The molecule has 0 aromatic heterocycles. The summed E-state index contributed by atoms with van der Waals surface area (Å²) < 4.78 is 27.5. The molecule has 2 heterocycles. The van der Waals surface area contributed by atoms with Crippen molar-refractivity contribution in [1.29, 1.82) is 0 Å². The molecule has 0 radical (unpaired) electrons. The minimum Gasteiger partial charge on any atom is -0.423 e. The monoisotopic (exact) mass is 498 g/mol. The van der Waals surface area contributed by atoms with Crippen LogP contribution in [0.15, 0.2) is 12.1 Å². The number of hydrogen-bond donors (Lipinski definition) is 6. The molecule has 3 unspecified atom stereocenters. The maximum Gasteiger partial charge on any atom is 0.494 e. The van der Waals surface area contributed by atoms with Crippen LogP contribution < -0.4 is 26.7 Å². The normalized spacial score (nSPS) is 20.9. The lowest BCUT2D eigenvalue weighted by molar-refractivity contribution is -0.121. The molecule has 0 aliphatic carbocycles. The number of amides is 4. The standard InChI is InChI=1S/C21H29BF2N4O5S/c23-13-9-12(10-14(24)18(13)22(32)33)20(30)26-8-4-3-7-25-17(29)6-2-1-5-16-19-15(11-34-16)27-21(31)28-19/h9-10,15-16,19,32-33H,1-8,11H2,(H,25,29)(H,26,30)(H2,27,28,31). The average molecular weight is 498 g/mol. The molecule has 4 amide bonds. The minimum atomic E-state index is -2.31. The summed E-state index contributed by atoms with van der Waals surface area (Å²) in [6, 6.07) is 1.78. The van der Waals surface area contributed by atoms with Crippen molar-refractivity contribution >= 4 is 42.2 Å². The number of thioether (sulfide) groups is 1. The summed E-state index contributed by atoms with van der Waals surface area (Å²) in [5.74, 6) is -2.22. The smallest absolute Gasteiger partial charge is 0.423 e. The summed E-state index contributed by atoms with van der Waals surface area (Å²) in [5, 5.41) is 29.5. The molecule has 9 nitrogen and oxygen atoms in total. The lowest BCUT2D eigenvalue weighted by atomic mass is 9.79. The first kappa shape index (κ1) is 26.2. The van der Waals surface area contributed by atoms with Crippen LogP contribution in [0.2, 0.25) is 0 Å². The van der Waals surface area contributed by atoms with Crippen LogP contribution in [-0.2, 0) is 4.79 Å². The molecule has 2 fully saturated rings. The van der Waals surface area contributed by atoms with Crippen LogP contribution in [0, 0.1) is 11.6 Å². The van der Waals surface area contributed by atoms with Crippen molar-refractivity contribution in [3.8, 4) is 0 Å². The second-order valence-corrected chi connectivity index (χ2v) is 9.68. The first-order valence-corrected chi connectivity index (χ1v) is 12.4. The van der Waals surface area contributed by atoms with Gasteiger partial charge in [0.25, 0.3) is 5.91 Å². The predicted molar refractivity (Wildman–Crippen MR) is 125 cm³/mol. The van der Waals surface area contributed by atoms with Crippen LogP contribution in [0.5, 0.6) is 0 Å². The van der Waals surface area contributed by atoms with E-state index < -0.39 is 30.1 Å². The van der Waals surface area contributed by atoms with Gasteiger partial charge in [0, 0.05) is 36.1 Å². The number of hydrogen-bond acceptors (Lipinski definition) is 6. The molecule has 0 bridgehead atoms. The van der Waals surface area contributed by atoms with Gasteiger partial charge in [0.15, 0.2) is 0 Å². The van der Waals surface area contributed by atoms with E-state index in [0.717, 1.165) is 37.1 Å². The van der Waals surface area contributed by atoms with Crippen molar-refractivity contribution in [2.24, 2.45) is 0 Å². The maximum absolute atomic E-state index is 13.7. The SMILES string of the molecule is O=C(CCCCC1SCC2NC(=O)NC21)NCCCCNC(=O)c1cc(F)c(B(O)O)c(F)c1. The van der Waals surface area contributed by atoms with Gasteiger partial charge in [-0.05, 0) is 37.8 Å². The molecule has 1 aromatic carbocycles. The number of carbonyl (C=O) groups excluding carboxylic acids is 3. The van der Waals surface area contributed by atoms with Gasteiger partial charge in [-0.15, -0.1) is 0 Å². The van der Waals surface area contributed by atoms with E-state index in [2.05, 4.69) is 21.3 Å². The molecule has 6 N–H and O–H groups in total. The van der Waals surface area contributed by atoms with E-state index in [9.17, 15) is 23.2 Å². The third-order valence-electron chi connectivity index (χ3n) is 5.89. The van der Waals surface area contributed by atoms with E-state index in [1.807, 2.05) is 11.8 Å². The van der Waals surface area contributed by atoms with Crippen LogP contribution in [0.25, 0.3) is 0 Å². The Morgan fingerprint density at radius 3 is 2.41 bits per heavy atom.